The van der Waals surface area contributed by atoms with Crippen molar-refractivity contribution in [1.82, 2.24) is 5.32 Å². The number of nitrogens with one attached hydrogen (secondary N) is 1. The molecule has 3 rings (SSSR count). The highest BCUT2D eigenvalue weighted by atomic mass is 16.5. The Labute approximate surface area is 173 Å². The molecule has 2 aromatic carbocycles. The topological polar surface area (TPSA) is 67.8 Å². The monoisotopic (exact) mass is 397 g/mol. The molecule has 2 aromatic rings. The fraction of sp³-hybridized carbons (Fsp3) is 0.458. The van der Waals surface area contributed by atoms with E-state index in [9.17, 15) is 4.79 Å². The van der Waals surface area contributed by atoms with Gasteiger partial charge in [-0.15, -0.1) is 0 Å². The quantitative estimate of drug-likeness (QED) is 0.636. The average molecular weight is 398 g/mol. The molecular formula is C24H31NO4. The first-order valence-electron chi connectivity index (χ1n) is 10.3. The maximum absolute atomic E-state index is 12.4. The zero-order valence-corrected chi connectivity index (χ0v) is 17.5. The van der Waals surface area contributed by atoms with E-state index in [0.29, 0.717) is 24.6 Å². The van der Waals surface area contributed by atoms with Gasteiger partial charge in [0.25, 0.3) is 5.91 Å². The lowest BCUT2D eigenvalue weighted by Gasteiger charge is -2.24. The molecule has 1 aliphatic heterocycles. The number of amides is 1. The van der Waals surface area contributed by atoms with Crippen LogP contribution in [-0.4, -0.2) is 43.0 Å². The van der Waals surface area contributed by atoms with Crippen LogP contribution >= 0.6 is 0 Å². The van der Waals surface area contributed by atoms with E-state index in [1.807, 2.05) is 12.1 Å². The Morgan fingerprint density at radius 3 is 2.66 bits per heavy atom. The predicted octanol–water partition coefficient (Wildman–Crippen LogP) is 3.49. The molecule has 1 amide bonds. The van der Waals surface area contributed by atoms with E-state index >= 15 is 0 Å². The van der Waals surface area contributed by atoms with Crippen LogP contribution in [0.15, 0.2) is 42.5 Å². The number of hydrogen-bond acceptors (Lipinski definition) is 4. The van der Waals surface area contributed by atoms with Crippen molar-refractivity contribution in [2.75, 3.05) is 26.4 Å². The number of hydrogen-bond donors (Lipinski definition) is 2. The summed E-state index contributed by atoms with van der Waals surface area (Å²) in [5.74, 6) is 1.25. The molecule has 0 aliphatic carbocycles. The van der Waals surface area contributed by atoms with Crippen molar-refractivity contribution in [2.24, 2.45) is 0 Å². The molecular weight excluding hydrogens is 366 g/mol. The van der Waals surface area contributed by atoms with Gasteiger partial charge in [-0.1, -0.05) is 38.1 Å². The maximum atomic E-state index is 12.4. The van der Waals surface area contributed by atoms with E-state index in [0.717, 1.165) is 24.2 Å². The van der Waals surface area contributed by atoms with Crippen molar-refractivity contribution in [2.45, 2.75) is 45.1 Å². The molecule has 0 saturated heterocycles. The van der Waals surface area contributed by atoms with Crippen LogP contribution < -0.4 is 10.1 Å². The second-order valence-electron chi connectivity index (χ2n) is 8.22. The average Bonchev–Trinajstić information content (AvgIpc) is 3.02. The van der Waals surface area contributed by atoms with E-state index in [4.69, 9.17) is 14.6 Å². The van der Waals surface area contributed by atoms with Crippen LogP contribution in [-0.2, 0) is 17.6 Å². The molecule has 5 nitrogen and oxygen atoms in total. The smallest absolute Gasteiger partial charge is 0.251 e. The molecule has 29 heavy (non-hydrogen) atoms. The SMILES string of the molecule is CC(C)c1ccc(CC2(C)Cc3cc(C(=O)NCCOCCO)ccc3O2)cc1. The summed E-state index contributed by atoms with van der Waals surface area (Å²) in [7, 11) is 0. The van der Waals surface area contributed by atoms with Gasteiger partial charge in [-0.25, -0.2) is 0 Å². The van der Waals surface area contributed by atoms with Crippen LogP contribution in [0.5, 0.6) is 5.75 Å². The summed E-state index contributed by atoms with van der Waals surface area (Å²) in [5, 5.41) is 11.5. The van der Waals surface area contributed by atoms with Crippen LogP contribution in [0.2, 0.25) is 0 Å². The molecule has 1 aliphatic rings. The van der Waals surface area contributed by atoms with Gasteiger partial charge in [-0.3, -0.25) is 4.79 Å². The minimum absolute atomic E-state index is 0.0145. The molecule has 2 N–H and O–H groups in total. The Morgan fingerprint density at radius 2 is 1.97 bits per heavy atom. The van der Waals surface area contributed by atoms with Crippen LogP contribution in [0.4, 0.5) is 0 Å². The van der Waals surface area contributed by atoms with Gasteiger partial charge in [0.05, 0.1) is 19.8 Å². The Bertz CT molecular complexity index is 831. The van der Waals surface area contributed by atoms with E-state index in [1.54, 1.807) is 6.07 Å². The van der Waals surface area contributed by atoms with Crippen LogP contribution in [0.25, 0.3) is 0 Å². The van der Waals surface area contributed by atoms with E-state index in [-0.39, 0.29) is 24.7 Å². The lowest BCUT2D eigenvalue weighted by molar-refractivity contribution is 0.0838. The van der Waals surface area contributed by atoms with Gasteiger partial charge in [0, 0.05) is 24.9 Å². The third-order valence-electron chi connectivity index (χ3n) is 5.24. The first-order chi connectivity index (χ1) is 13.9. The van der Waals surface area contributed by atoms with Crippen molar-refractivity contribution in [3.8, 4) is 5.75 Å². The molecule has 0 fully saturated rings. The zero-order chi connectivity index (χ0) is 20.9. The summed E-state index contributed by atoms with van der Waals surface area (Å²) in [6.45, 7) is 7.59. The normalized spacial score (nSPS) is 17.8. The zero-order valence-electron chi connectivity index (χ0n) is 17.5. The number of rotatable bonds is 9. The maximum Gasteiger partial charge on any atom is 0.251 e. The summed E-state index contributed by atoms with van der Waals surface area (Å²) in [6.07, 6.45) is 1.60. The summed E-state index contributed by atoms with van der Waals surface area (Å²) in [6, 6.07) is 14.4. The van der Waals surface area contributed by atoms with Crippen LogP contribution in [0.1, 0.15) is 53.7 Å². The molecule has 0 bridgehead atoms. The highest BCUT2D eigenvalue weighted by molar-refractivity contribution is 5.94. The number of carbonyl (C=O) groups excluding carboxylic acids is 1. The second-order valence-corrected chi connectivity index (χ2v) is 8.22. The summed E-state index contributed by atoms with van der Waals surface area (Å²) >= 11 is 0. The Hall–Kier alpha value is -2.37. The molecule has 1 heterocycles. The van der Waals surface area contributed by atoms with E-state index in [2.05, 4.69) is 50.4 Å². The molecule has 0 radical (unpaired) electrons. The number of fused-ring (bicyclic) bond motifs is 1. The molecule has 0 spiro atoms. The van der Waals surface area contributed by atoms with E-state index < -0.39 is 0 Å². The molecule has 0 aromatic heterocycles. The van der Waals surface area contributed by atoms with Gasteiger partial charge in [-0.05, 0) is 47.7 Å². The van der Waals surface area contributed by atoms with Gasteiger partial charge in [-0.2, -0.15) is 0 Å². The van der Waals surface area contributed by atoms with Gasteiger partial charge < -0.3 is 19.9 Å². The minimum Gasteiger partial charge on any atom is -0.487 e. The first kappa shape index (κ1) is 21.3. The molecule has 0 saturated carbocycles. The lowest BCUT2D eigenvalue weighted by atomic mass is 9.90. The fourth-order valence-electron chi connectivity index (χ4n) is 3.72. The molecule has 1 unspecified atom stereocenters. The van der Waals surface area contributed by atoms with Crippen LogP contribution in [0, 0.1) is 0 Å². The summed E-state index contributed by atoms with van der Waals surface area (Å²) < 4.78 is 11.4. The van der Waals surface area contributed by atoms with Crippen molar-refractivity contribution in [1.29, 1.82) is 0 Å². The summed E-state index contributed by atoms with van der Waals surface area (Å²) in [5.41, 5.74) is 3.97. The summed E-state index contributed by atoms with van der Waals surface area (Å²) in [4.78, 5) is 12.4. The standard InChI is InChI=1S/C24H31NO4/c1-17(2)19-6-4-18(5-7-19)15-24(3)16-21-14-20(8-9-22(21)29-24)23(27)25-10-12-28-13-11-26/h4-9,14,17,26H,10-13,15-16H2,1-3H3,(H,25,27). The third-order valence-corrected chi connectivity index (χ3v) is 5.24. The van der Waals surface area contributed by atoms with Crippen molar-refractivity contribution < 1.29 is 19.4 Å². The lowest BCUT2D eigenvalue weighted by Crippen LogP contribution is -2.32. The van der Waals surface area contributed by atoms with Gasteiger partial charge in [0.1, 0.15) is 11.4 Å². The fourth-order valence-corrected chi connectivity index (χ4v) is 3.72. The molecule has 1 atom stereocenters. The highest BCUT2D eigenvalue weighted by Crippen LogP contribution is 2.37. The largest absolute Gasteiger partial charge is 0.487 e. The van der Waals surface area contributed by atoms with E-state index in [1.165, 1.54) is 11.1 Å². The van der Waals surface area contributed by atoms with Crippen molar-refractivity contribution in [3.63, 3.8) is 0 Å². The van der Waals surface area contributed by atoms with Crippen molar-refractivity contribution >= 4 is 5.91 Å². The second kappa shape index (κ2) is 9.42. The Kier molecular flexibility index (Phi) is 6.93. The van der Waals surface area contributed by atoms with Crippen LogP contribution in [0.3, 0.4) is 0 Å². The van der Waals surface area contributed by atoms with Crippen molar-refractivity contribution in [3.05, 3.63) is 64.7 Å². The Balaban J connectivity index is 1.60. The number of benzene rings is 2. The number of aliphatic hydroxyl groups excluding tert-OH is 1. The first-order valence-corrected chi connectivity index (χ1v) is 10.3. The predicted molar refractivity (Wildman–Crippen MR) is 114 cm³/mol. The molecule has 156 valence electrons. The highest BCUT2D eigenvalue weighted by Gasteiger charge is 2.35. The number of carbonyl (C=O) groups is 1. The van der Waals surface area contributed by atoms with Gasteiger partial charge in [0.15, 0.2) is 0 Å². The molecule has 5 heteroatoms. The van der Waals surface area contributed by atoms with Gasteiger partial charge in [0.2, 0.25) is 0 Å². The minimum atomic E-state index is -0.311. The Morgan fingerprint density at radius 1 is 1.21 bits per heavy atom. The van der Waals surface area contributed by atoms with Gasteiger partial charge >= 0.3 is 0 Å². The number of aliphatic hydroxyl groups is 1. The third kappa shape index (κ3) is 5.58. The number of ether oxygens (including phenoxy) is 2.